The molecule has 1 heterocycles. The van der Waals surface area contributed by atoms with Gasteiger partial charge >= 0.3 is 0 Å². The van der Waals surface area contributed by atoms with Crippen molar-refractivity contribution in [3.63, 3.8) is 0 Å². The minimum absolute atomic E-state index is 0.247. The Labute approximate surface area is 143 Å². The molecule has 3 rings (SSSR count). The van der Waals surface area contributed by atoms with E-state index in [0.717, 1.165) is 50.4 Å². The molecule has 0 saturated carbocycles. The van der Waals surface area contributed by atoms with Crippen molar-refractivity contribution >= 4 is 11.6 Å². The monoisotopic (exact) mass is 323 g/mol. The first-order valence-electron chi connectivity index (χ1n) is 8.59. The maximum absolute atomic E-state index is 12.4. The summed E-state index contributed by atoms with van der Waals surface area (Å²) in [7, 11) is 0. The number of nitrogen functional groups attached to an aromatic ring is 1. The van der Waals surface area contributed by atoms with Crippen molar-refractivity contribution in [2.45, 2.75) is 19.4 Å². The zero-order valence-corrected chi connectivity index (χ0v) is 14.0. The molecule has 4 heteroatoms. The van der Waals surface area contributed by atoms with E-state index in [4.69, 9.17) is 5.73 Å². The van der Waals surface area contributed by atoms with E-state index in [2.05, 4.69) is 29.2 Å². The van der Waals surface area contributed by atoms with Gasteiger partial charge in [-0.1, -0.05) is 42.5 Å². The molecule has 2 aromatic rings. The topological polar surface area (TPSA) is 49.6 Å². The molecule has 1 amide bonds. The van der Waals surface area contributed by atoms with Crippen LogP contribution in [0, 0.1) is 0 Å². The molecular weight excluding hydrogens is 298 g/mol. The van der Waals surface area contributed by atoms with Crippen LogP contribution in [0.1, 0.15) is 17.5 Å². The van der Waals surface area contributed by atoms with Crippen LogP contribution in [0.4, 0.5) is 5.69 Å². The summed E-state index contributed by atoms with van der Waals surface area (Å²) in [6.45, 7) is 4.50. The SMILES string of the molecule is Nc1cccc(CCC(=O)N2CCN(Cc3ccccc3)CC2)c1. The molecular formula is C20H25N3O. The van der Waals surface area contributed by atoms with Crippen LogP contribution in [0.25, 0.3) is 0 Å². The molecule has 0 spiro atoms. The minimum Gasteiger partial charge on any atom is -0.399 e. The van der Waals surface area contributed by atoms with E-state index in [1.165, 1.54) is 5.56 Å². The molecule has 2 aromatic carbocycles. The van der Waals surface area contributed by atoms with E-state index in [0.29, 0.717) is 6.42 Å². The Morgan fingerprint density at radius 3 is 2.33 bits per heavy atom. The summed E-state index contributed by atoms with van der Waals surface area (Å²) < 4.78 is 0. The second-order valence-electron chi connectivity index (χ2n) is 6.39. The fourth-order valence-electron chi connectivity index (χ4n) is 3.16. The summed E-state index contributed by atoms with van der Waals surface area (Å²) in [6, 6.07) is 18.3. The molecule has 0 unspecified atom stereocenters. The van der Waals surface area contributed by atoms with Gasteiger partial charge in [0, 0.05) is 44.8 Å². The first-order chi connectivity index (χ1) is 11.7. The fraction of sp³-hybridized carbons (Fsp3) is 0.350. The number of hydrogen-bond acceptors (Lipinski definition) is 3. The molecule has 126 valence electrons. The number of rotatable bonds is 5. The van der Waals surface area contributed by atoms with Crippen molar-refractivity contribution in [2.24, 2.45) is 0 Å². The zero-order valence-electron chi connectivity index (χ0n) is 14.0. The quantitative estimate of drug-likeness (QED) is 0.860. The highest BCUT2D eigenvalue weighted by atomic mass is 16.2. The Morgan fingerprint density at radius 1 is 0.917 bits per heavy atom. The molecule has 0 atom stereocenters. The number of carbonyl (C=O) groups excluding carboxylic acids is 1. The number of hydrogen-bond donors (Lipinski definition) is 1. The molecule has 1 saturated heterocycles. The molecule has 0 bridgehead atoms. The van der Waals surface area contributed by atoms with Gasteiger partial charge in [0.15, 0.2) is 0 Å². The number of piperazine rings is 1. The maximum Gasteiger partial charge on any atom is 0.222 e. The highest BCUT2D eigenvalue weighted by Crippen LogP contribution is 2.12. The Kier molecular flexibility index (Phi) is 5.49. The van der Waals surface area contributed by atoms with Crippen molar-refractivity contribution in [3.8, 4) is 0 Å². The third-order valence-corrected chi connectivity index (χ3v) is 4.55. The number of carbonyl (C=O) groups is 1. The summed E-state index contributed by atoms with van der Waals surface area (Å²) in [4.78, 5) is 16.8. The van der Waals surface area contributed by atoms with Crippen LogP contribution in [-0.4, -0.2) is 41.9 Å². The molecule has 0 radical (unpaired) electrons. The van der Waals surface area contributed by atoms with Crippen molar-refractivity contribution in [2.75, 3.05) is 31.9 Å². The van der Waals surface area contributed by atoms with Crippen LogP contribution in [0.3, 0.4) is 0 Å². The summed E-state index contributed by atoms with van der Waals surface area (Å²) >= 11 is 0. The highest BCUT2D eigenvalue weighted by molar-refractivity contribution is 5.76. The summed E-state index contributed by atoms with van der Waals surface area (Å²) in [5, 5.41) is 0. The maximum atomic E-state index is 12.4. The smallest absolute Gasteiger partial charge is 0.222 e. The van der Waals surface area contributed by atoms with E-state index >= 15 is 0 Å². The van der Waals surface area contributed by atoms with Gasteiger partial charge in [0.25, 0.3) is 0 Å². The number of nitrogens with two attached hydrogens (primary N) is 1. The van der Waals surface area contributed by atoms with E-state index in [-0.39, 0.29) is 5.91 Å². The van der Waals surface area contributed by atoms with Gasteiger partial charge in [0.2, 0.25) is 5.91 Å². The summed E-state index contributed by atoms with van der Waals surface area (Å²) in [6.07, 6.45) is 1.32. The lowest BCUT2D eigenvalue weighted by Crippen LogP contribution is -2.48. The van der Waals surface area contributed by atoms with Crippen molar-refractivity contribution < 1.29 is 4.79 Å². The molecule has 1 aliphatic rings. The second-order valence-corrected chi connectivity index (χ2v) is 6.39. The van der Waals surface area contributed by atoms with Gasteiger partial charge in [0.1, 0.15) is 0 Å². The average Bonchev–Trinajstić information content (AvgIpc) is 2.61. The number of amides is 1. The molecule has 2 N–H and O–H groups in total. The van der Waals surface area contributed by atoms with Gasteiger partial charge < -0.3 is 10.6 Å². The average molecular weight is 323 g/mol. The van der Waals surface area contributed by atoms with Crippen molar-refractivity contribution in [1.82, 2.24) is 9.80 Å². The van der Waals surface area contributed by atoms with Crippen LogP contribution in [0.15, 0.2) is 54.6 Å². The van der Waals surface area contributed by atoms with Gasteiger partial charge in [-0.2, -0.15) is 0 Å². The normalized spacial score (nSPS) is 15.4. The van der Waals surface area contributed by atoms with Gasteiger partial charge in [-0.25, -0.2) is 0 Å². The molecule has 1 fully saturated rings. The highest BCUT2D eigenvalue weighted by Gasteiger charge is 2.20. The van der Waals surface area contributed by atoms with E-state index in [9.17, 15) is 4.79 Å². The van der Waals surface area contributed by atoms with Gasteiger partial charge in [-0.3, -0.25) is 9.69 Å². The van der Waals surface area contributed by atoms with Crippen molar-refractivity contribution in [1.29, 1.82) is 0 Å². The summed E-state index contributed by atoms with van der Waals surface area (Å²) in [5.74, 6) is 0.247. The molecule has 24 heavy (non-hydrogen) atoms. The van der Waals surface area contributed by atoms with Crippen LogP contribution in [-0.2, 0) is 17.8 Å². The van der Waals surface area contributed by atoms with E-state index in [1.807, 2.05) is 35.2 Å². The molecule has 0 aromatic heterocycles. The first-order valence-corrected chi connectivity index (χ1v) is 8.59. The van der Waals surface area contributed by atoms with Gasteiger partial charge in [-0.05, 0) is 29.7 Å². The predicted octanol–water partition coefficient (Wildman–Crippen LogP) is 2.55. The molecule has 1 aliphatic heterocycles. The molecule has 0 aliphatic carbocycles. The van der Waals surface area contributed by atoms with Crippen LogP contribution >= 0.6 is 0 Å². The lowest BCUT2D eigenvalue weighted by molar-refractivity contribution is -0.133. The Balaban J connectivity index is 1.43. The number of benzene rings is 2. The number of anilines is 1. The van der Waals surface area contributed by atoms with Crippen LogP contribution in [0.5, 0.6) is 0 Å². The van der Waals surface area contributed by atoms with E-state index < -0.39 is 0 Å². The van der Waals surface area contributed by atoms with Crippen molar-refractivity contribution in [3.05, 3.63) is 65.7 Å². The number of aryl methyl sites for hydroxylation is 1. The zero-order chi connectivity index (χ0) is 16.8. The first kappa shape index (κ1) is 16.5. The van der Waals surface area contributed by atoms with Crippen LogP contribution < -0.4 is 5.73 Å². The lowest BCUT2D eigenvalue weighted by Gasteiger charge is -2.34. The van der Waals surface area contributed by atoms with Gasteiger partial charge in [0.05, 0.1) is 0 Å². The second kappa shape index (κ2) is 7.97. The van der Waals surface area contributed by atoms with Gasteiger partial charge in [-0.15, -0.1) is 0 Å². The lowest BCUT2D eigenvalue weighted by atomic mass is 10.1. The van der Waals surface area contributed by atoms with E-state index in [1.54, 1.807) is 0 Å². The molecule has 4 nitrogen and oxygen atoms in total. The number of nitrogens with zero attached hydrogens (tertiary/aromatic N) is 2. The minimum atomic E-state index is 0.247. The Morgan fingerprint density at radius 2 is 1.62 bits per heavy atom. The summed E-state index contributed by atoms with van der Waals surface area (Å²) in [5.41, 5.74) is 9.01. The third kappa shape index (κ3) is 4.59. The fourth-order valence-corrected chi connectivity index (χ4v) is 3.16. The Hall–Kier alpha value is -2.33. The standard InChI is InChI=1S/C20H25N3O/c21-19-8-4-7-17(15-19)9-10-20(24)23-13-11-22(12-14-23)16-18-5-2-1-3-6-18/h1-8,15H,9-14,16,21H2. The predicted molar refractivity (Wildman–Crippen MR) is 97.5 cm³/mol. The van der Waals surface area contributed by atoms with Crippen LogP contribution in [0.2, 0.25) is 0 Å². The largest absolute Gasteiger partial charge is 0.399 e. The Bertz CT molecular complexity index is 664. The third-order valence-electron chi connectivity index (χ3n) is 4.55.